The largest absolute Gasteiger partial charge is 0.378 e. The fourth-order valence-corrected chi connectivity index (χ4v) is 2.62. The molecular weight excluding hydrogens is 248 g/mol. The fourth-order valence-electron chi connectivity index (χ4n) is 2.31. The molecule has 2 heterocycles. The Bertz CT molecular complexity index is 579. The van der Waals surface area contributed by atoms with Crippen LogP contribution >= 0.6 is 11.6 Å². The Morgan fingerprint density at radius 3 is 2.78 bits per heavy atom. The molecule has 1 aromatic carbocycles. The molecule has 0 spiro atoms. The minimum Gasteiger partial charge on any atom is -0.378 e. The van der Waals surface area contributed by atoms with E-state index in [0.717, 1.165) is 47.9 Å². The first-order valence-electron chi connectivity index (χ1n) is 6.13. The molecule has 1 fully saturated rings. The molecule has 2 aromatic rings. The molecule has 0 amide bonds. The summed E-state index contributed by atoms with van der Waals surface area (Å²) in [6.45, 7) is 5.40. The molecule has 1 saturated heterocycles. The van der Waals surface area contributed by atoms with Gasteiger partial charge < -0.3 is 9.64 Å². The molecule has 1 aromatic heterocycles. The summed E-state index contributed by atoms with van der Waals surface area (Å²) in [5.74, 6) is 0. The molecule has 0 saturated carbocycles. The molecule has 3 rings (SSSR count). The van der Waals surface area contributed by atoms with Crippen LogP contribution in [0.25, 0.3) is 10.9 Å². The van der Waals surface area contributed by atoms with E-state index in [4.69, 9.17) is 16.3 Å². The summed E-state index contributed by atoms with van der Waals surface area (Å²) in [5, 5.41) is 1.79. The van der Waals surface area contributed by atoms with E-state index in [9.17, 15) is 0 Å². The monoisotopic (exact) mass is 262 g/mol. The standard InChI is InChI=1S/C14H15ClN2O/c1-10-8-13(15)12-9-11(2-3-14(12)16-10)17-4-6-18-7-5-17/h2-3,8-9H,4-7H2,1H3. The molecule has 18 heavy (non-hydrogen) atoms. The predicted molar refractivity (Wildman–Crippen MR) is 74.5 cm³/mol. The van der Waals surface area contributed by atoms with Crippen LogP contribution in [0, 0.1) is 6.92 Å². The van der Waals surface area contributed by atoms with Gasteiger partial charge in [-0.2, -0.15) is 0 Å². The zero-order valence-corrected chi connectivity index (χ0v) is 11.1. The second-order valence-electron chi connectivity index (χ2n) is 4.55. The highest BCUT2D eigenvalue weighted by Crippen LogP contribution is 2.27. The number of hydrogen-bond donors (Lipinski definition) is 0. The van der Waals surface area contributed by atoms with Gasteiger partial charge in [-0.15, -0.1) is 0 Å². The van der Waals surface area contributed by atoms with E-state index < -0.39 is 0 Å². The number of anilines is 1. The second kappa shape index (κ2) is 4.75. The molecule has 0 N–H and O–H groups in total. The maximum atomic E-state index is 6.29. The highest BCUT2D eigenvalue weighted by atomic mass is 35.5. The SMILES string of the molecule is Cc1cc(Cl)c2cc(N3CCOCC3)ccc2n1. The first-order valence-corrected chi connectivity index (χ1v) is 6.51. The lowest BCUT2D eigenvalue weighted by Crippen LogP contribution is -2.36. The van der Waals surface area contributed by atoms with Gasteiger partial charge in [-0.1, -0.05) is 11.6 Å². The van der Waals surface area contributed by atoms with E-state index in [0.29, 0.717) is 0 Å². The number of fused-ring (bicyclic) bond motifs is 1. The normalized spacial score (nSPS) is 16.2. The molecule has 0 aliphatic carbocycles. The third-order valence-electron chi connectivity index (χ3n) is 3.25. The van der Waals surface area contributed by atoms with Crippen LogP contribution in [0.4, 0.5) is 5.69 Å². The van der Waals surface area contributed by atoms with Crippen LogP contribution in [0.15, 0.2) is 24.3 Å². The smallest absolute Gasteiger partial charge is 0.0721 e. The van der Waals surface area contributed by atoms with Crippen LogP contribution in [0.1, 0.15) is 5.69 Å². The van der Waals surface area contributed by atoms with E-state index in [2.05, 4.69) is 22.0 Å². The van der Waals surface area contributed by atoms with Crippen molar-refractivity contribution in [3.63, 3.8) is 0 Å². The van der Waals surface area contributed by atoms with Gasteiger partial charge in [0.25, 0.3) is 0 Å². The average molecular weight is 263 g/mol. The molecule has 0 radical (unpaired) electrons. The quantitative estimate of drug-likeness (QED) is 0.790. The van der Waals surface area contributed by atoms with Gasteiger partial charge in [-0.05, 0) is 31.2 Å². The van der Waals surface area contributed by atoms with E-state index in [1.165, 1.54) is 5.69 Å². The lowest BCUT2D eigenvalue weighted by Gasteiger charge is -2.29. The van der Waals surface area contributed by atoms with Crippen molar-refractivity contribution in [2.75, 3.05) is 31.2 Å². The van der Waals surface area contributed by atoms with E-state index >= 15 is 0 Å². The lowest BCUT2D eigenvalue weighted by molar-refractivity contribution is 0.122. The highest BCUT2D eigenvalue weighted by Gasteiger charge is 2.12. The number of halogens is 1. The number of benzene rings is 1. The predicted octanol–water partition coefficient (Wildman–Crippen LogP) is 3.03. The number of rotatable bonds is 1. The highest BCUT2D eigenvalue weighted by molar-refractivity contribution is 6.35. The zero-order valence-electron chi connectivity index (χ0n) is 10.3. The van der Waals surface area contributed by atoms with Crippen LogP contribution in [0.2, 0.25) is 5.02 Å². The summed E-state index contributed by atoms with van der Waals surface area (Å²) < 4.78 is 5.37. The van der Waals surface area contributed by atoms with Gasteiger partial charge in [-0.3, -0.25) is 4.98 Å². The molecule has 0 atom stereocenters. The Morgan fingerprint density at radius 2 is 2.00 bits per heavy atom. The molecule has 94 valence electrons. The van der Waals surface area contributed by atoms with Gasteiger partial charge in [0.1, 0.15) is 0 Å². The number of hydrogen-bond acceptors (Lipinski definition) is 3. The van der Waals surface area contributed by atoms with Crippen molar-refractivity contribution in [2.24, 2.45) is 0 Å². The van der Waals surface area contributed by atoms with Crippen molar-refractivity contribution >= 4 is 28.2 Å². The van der Waals surface area contributed by atoms with Crippen LogP contribution < -0.4 is 4.90 Å². The van der Waals surface area contributed by atoms with Crippen molar-refractivity contribution in [3.8, 4) is 0 Å². The third kappa shape index (κ3) is 2.16. The van der Waals surface area contributed by atoms with Crippen LogP contribution in [-0.4, -0.2) is 31.3 Å². The van der Waals surface area contributed by atoms with Gasteiger partial charge in [0.15, 0.2) is 0 Å². The Kier molecular flexibility index (Phi) is 3.10. The zero-order chi connectivity index (χ0) is 12.5. The molecule has 0 unspecified atom stereocenters. The summed E-state index contributed by atoms with van der Waals surface area (Å²) in [6.07, 6.45) is 0. The summed E-state index contributed by atoms with van der Waals surface area (Å²) in [6, 6.07) is 8.18. The topological polar surface area (TPSA) is 25.4 Å². The first-order chi connectivity index (χ1) is 8.74. The van der Waals surface area contributed by atoms with Crippen molar-refractivity contribution in [3.05, 3.63) is 35.0 Å². The van der Waals surface area contributed by atoms with Gasteiger partial charge in [0, 0.05) is 29.9 Å². The first kappa shape index (κ1) is 11.8. The Labute approximate surface area is 111 Å². The van der Waals surface area contributed by atoms with Crippen molar-refractivity contribution in [1.29, 1.82) is 0 Å². The minimum absolute atomic E-state index is 0.771. The number of morpholine rings is 1. The molecule has 1 aliphatic rings. The number of aryl methyl sites for hydroxylation is 1. The van der Waals surface area contributed by atoms with Crippen molar-refractivity contribution < 1.29 is 4.74 Å². The van der Waals surface area contributed by atoms with E-state index in [1.54, 1.807) is 0 Å². The Balaban J connectivity index is 2.04. The van der Waals surface area contributed by atoms with Gasteiger partial charge in [0.2, 0.25) is 0 Å². The second-order valence-corrected chi connectivity index (χ2v) is 4.95. The molecule has 4 heteroatoms. The van der Waals surface area contributed by atoms with Crippen LogP contribution in [0.5, 0.6) is 0 Å². The fraction of sp³-hybridized carbons (Fsp3) is 0.357. The molecule has 3 nitrogen and oxygen atoms in total. The van der Waals surface area contributed by atoms with Crippen LogP contribution in [-0.2, 0) is 4.74 Å². The number of pyridine rings is 1. The number of aromatic nitrogens is 1. The van der Waals surface area contributed by atoms with E-state index in [-0.39, 0.29) is 0 Å². The average Bonchev–Trinajstić information content (AvgIpc) is 2.39. The number of nitrogens with zero attached hydrogens (tertiary/aromatic N) is 2. The third-order valence-corrected chi connectivity index (χ3v) is 3.56. The Hall–Kier alpha value is -1.32. The summed E-state index contributed by atoms with van der Waals surface area (Å²) in [4.78, 5) is 6.81. The molecular formula is C14H15ClN2O. The summed E-state index contributed by atoms with van der Waals surface area (Å²) in [5.41, 5.74) is 3.10. The lowest BCUT2D eigenvalue weighted by atomic mass is 10.1. The van der Waals surface area contributed by atoms with E-state index in [1.807, 2.05) is 19.1 Å². The summed E-state index contributed by atoms with van der Waals surface area (Å²) in [7, 11) is 0. The molecule has 0 bridgehead atoms. The van der Waals surface area contributed by atoms with Crippen molar-refractivity contribution in [2.45, 2.75) is 6.92 Å². The van der Waals surface area contributed by atoms with Gasteiger partial charge in [0.05, 0.1) is 23.8 Å². The van der Waals surface area contributed by atoms with Gasteiger partial charge >= 0.3 is 0 Å². The Morgan fingerprint density at radius 1 is 1.22 bits per heavy atom. The summed E-state index contributed by atoms with van der Waals surface area (Å²) >= 11 is 6.29. The molecule has 1 aliphatic heterocycles. The minimum atomic E-state index is 0.771. The maximum Gasteiger partial charge on any atom is 0.0721 e. The maximum absolute atomic E-state index is 6.29. The van der Waals surface area contributed by atoms with Crippen LogP contribution in [0.3, 0.4) is 0 Å². The number of ether oxygens (including phenoxy) is 1. The van der Waals surface area contributed by atoms with Gasteiger partial charge in [-0.25, -0.2) is 0 Å². The van der Waals surface area contributed by atoms with Crippen molar-refractivity contribution in [1.82, 2.24) is 4.98 Å².